The zero-order valence-corrected chi connectivity index (χ0v) is 13.9. The summed E-state index contributed by atoms with van der Waals surface area (Å²) in [4.78, 5) is 11.5. The normalized spacial score (nSPS) is 12.0. The van der Waals surface area contributed by atoms with Crippen molar-refractivity contribution in [2.45, 2.75) is 6.92 Å². The van der Waals surface area contributed by atoms with E-state index >= 15 is 0 Å². The van der Waals surface area contributed by atoms with Gasteiger partial charge in [-0.25, -0.2) is 4.79 Å². The lowest BCUT2D eigenvalue weighted by molar-refractivity contribution is 0.0526. The van der Waals surface area contributed by atoms with Gasteiger partial charge in [-0.1, -0.05) is 0 Å². The van der Waals surface area contributed by atoms with E-state index < -0.39 is 26.4 Å². The lowest BCUT2D eigenvalue weighted by Gasteiger charge is -2.22. The molecule has 0 amide bonds. The highest BCUT2D eigenvalue weighted by atomic mass is 32.3. The molecule has 2 N–H and O–H groups in total. The van der Waals surface area contributed by atoms with Gasteiger partial charge in [-0.05, 0) is 31.2 Å². The van der Waals surface area contributed by atoms with Gasteiger partial charge < -0.3 is 4.74 Å². The van der Waals surface area contributed by atoms with Crippen LogP contribution in [0.4, 0.5) is 5.69 Å². The average Bonchev–Trinajstić information content (AvgIpc) is 2.48. The minimum absolute atomic E-state index is 0.156. The number of anilines is 1. The first-order chi connectivity index (χ1) is 10.2. The van der Waals surface area contributed by atoms with Crippen molar-refractivity contribution in [2.24, 2.45) is 0 Å². The fraction of sp³-hybridized carbons (Fsp3) is 0.364. The molecule has 0 heterocycles. The predicted octanol–water partition coefficient (Wildman–Crippen LogP) is -0.402. The highest BCUT2D eigenvalue weighted by Gasteiger charge is 2.32. The summed E-state index contributed by atoms with van der Waals surface area (Å²) in [5, 5.41) is 0. The number of carbonyl (C=O) groups is 1. The number of nitrogens with one attached hydrogen (secondary N) is 2. The first kappa shape index (κ1) is 18.4. The Kier molecular flexibility index (Phi) is 5.88. The average molecular weight is 351 g/mol. The molecule has 22 heavy (non-hydrogen) atoms. The molecule has 0 aliphatic rings. The maximum Gasteiger partial charge on any atom is 0.338 e. The lowest BCUT2D eigenvalue weighted by atomic mass is 10.2. The number of hydrogen-bond acceptors (Lipinski definition) is 6. The summed E-state index contributed by atoms with van der Waals surface area (Å²) in [5.74, 6) is -0.589. The number of ether oxygens (including phenoxy) is 1. The second-order valence-corrected chi connectivity index (χ2v) is 7.56. The Balaban J connectivity index is 3.32. The molecule has 0 unspecified atom stereocenters. The zero-order chi connectivity index (χ0) is 17.0. The molecule has 1 rings (SSSR count). The topological polar surface area (TPSA) is 122 Å². The van der Waals surface area contributed by atoms with Crippen LogP contribution in [0.5, 0.6) is 0 Å². The van der Waals surface area contributed by atoms with E-state index in [2.05, 4.69) is 0 Å². The molecule has 0 aliphatic heterocycles. The van der Waals surface area contributed by atoms with E-state index in [0.29, 0.717) is 0 Å². The van der Waals surface area contributed by atoms with Gasteiger partial charge in [0.1, 0.15) is 0 Å². The van der Waals surface area contributed by atoms with Gasteiger partial charge >= 0.3 is 26.4 Å². The van der Waals surface area contributed by atoms with Gasteiger partial charge in [0.2, 0.25) is 0 Å². The van der Waals surface area contributed by atoms with Crippen LogP contribution < -0.4 is 13.2 Å². The highest BCUT2D eigenvalue weighted by Crippen LogP contribution is 2.21. The molecule has 0 radical (unpaired) electrons. The molecule has 0 aromatic heterocycles. The monoisotopic (exact) mass is 351 g/mol. The van der Waals surface area contributed by atoms with Crippen LogP contribution in [-0.2, 0) is 25.2 Å². The summed E-state index contributed by atoms with van der Waals surface area (Å²) in [6, 6.07) is 4.93. The maximum absolute atomic E-state index is 11.9. The molecule has 0 spiro atoms. The van der Waals surface area contributed by atoms with Gasteiger partial charge in [0, 0.05) is 14.1 Å². The van der Waals surface area contributed by atoms with Crippen LogP contribution in [0.15, 0.2) is 24.3 Å². The van der Waals surface area contributed by atoms with Crippen LogP contribution in [-0.4, -0.2) is 43.5 Å². The highest BCUT2D eigenvalue weighted by molar-refractivity contribution is 8.08. The van der Waals surface area contributed by atoms with Gasteiger partial charge in [-0.15, -0.1) is 3.71 Å². The number of nitrogens with zero attached hydrogens (tertiary/aromatic N) is 1. The van der Waals surface area contributed by atoms with Crippen molar-refractivity contribution in [1.82, 2.24) is 9.44 Å². The van der Waals surface area contributed by atoms with Crippen molar-refractivity contribution in [3.05, 3.63) is 29.8 Å². The van der Waals surface area contributed by atoms with E-state index in [0.717, 1.165) is 14.1 Å². The summed E-state index contributed by atoms with van der Waals surface area (Å²) in [5.41, 5.74) is 0.0195. The van der Waals surface area contributed by atoms with Crippen molar-refractivity contribution < 1.29 is 26.4 Å². The molecule has 124 valence electrons. The third kappa shape index (κ3) is 3.94. The van der Waals surface area contributed by atoms with Crippen LogP contribution in [0, 0.1) is 0 Å². The van der Waals surface area contributed by atoms with Gasteiger partial charge in [0.25, 0.3) is 0 Å². The molecule has 0 fully saturated rings. The Hall–Kier alpha value is -1.69. The van der Waals surface area contributed by atoms with E-state index in [4.69, 9.17) is 4.74 Å². The molecule has 0 saturated carbocycles. The molecular formula is C11H17N3O6S2. The smallest absolute Gasteiger partial charge is 0.338 e. The Morgan fingerprint density at radius 3 is 1.86 bits per heavy atom. The van der Waals surface area contributed by atoms with Crippen molar-refractivity contribution in [1.29, 1.82) is 0 Å². The second-order valence-electron chi connectivity index (χ2n) is 3.88. The molecule has 0 aliphatic carbocycles. The molecule has 1 aromatic carbocycles. The number of benzene rings is 1. The van der Waals surface area contributed by atoms with E-state index in [1.807, 2.05) is 9.44 Å². The van der Waals surface area contributed by atoms with E-state index in [9.17, 15) is 21.6 Å². The van der Waals surface area contributed by atoms with Crippen molar-refractivity contribution in [3.63, 3.8) is 0 Å². The molecule has 11 heteroatoms. The second kappa shape index (κ2) is 7.05. The molecule has 1 aromatic rings. The SMILES string of the molecule is CCOC(=O)c1ccc(N(S(=O)(=O)NC)S(=O)(=O)NC)cc1. The number of esters is 1. The fourth-order valence-corrected chi connectivity index (χ4v) is 4.12. The Labute approximate surface area is 129 Å². The summed E-state index contributed by atoms with van der Waals surface area (Å²) in [6.07, 6.45) is 0. The van der Waals surface area contributed by atoms with Gasteiger partial charge in [0.15, 0.2) is 0 Å². The first-order valence-electron chi connectivity index (χ1n) is 6.14. The summed E-state index contributed by atoms with van der Waals surface area (Å²) < 4.78 is 56.6. The van der Waals surface area contributed by atoms with E-state index in [1.54, 1.807) is 6.92 Å². The third-order valence-corrected chi connectivity index (χ3v) is 6.05. The van der Waals surface area contributed by atoms with Crippen LogP contribution >= 0.6 is 0 Å². The quantitative estimate of drug-likeness (QED) is 0.645. The van der Waals surface area contributed by atoms with Crippen molar-refractivity contribution >= 4 is 32.1 Å². The summed E-state index contributed by atoms with van der Waals surface area (Å²) in [6.45, 7) is 1.84. The van der Waals surface area contributed by atoms with Gasteiger partial charge in [-0.3, -0.25) is 0 Å². The Morgan fingerprint density at radius 2 is 1.50 bits per heavy atom. The Bertz CT molecular complexity index is 694. The Morgan fingerprint density at radius 1 is 1.05 bits per heavy atom. The van der Waals surface area contributed by atoms with Gasteiger partial charge in [0.05, 0.1) is 17.9 Å². The van der Waals surface area contributed by atoms with Crippen molar-refractivity contribution in [3.8, 4) is 0 Å². The molecular weight excluding hydrogens is 334 g/mol. The minimum atomic E-state index is -4.31. The number of hydrogen-bond donors (Lipinski definition) is 2. The number of rotatable bonds is 7. The van der Waals surface area contributed by atoms with E-state index in [-0.39, 0.29) is 21.6 Å². The summed E-state index contributed by atoms with van der Waals surface area (Å²) in [7, 11) is -6.45. The zero-order valence-electron chi connectivity index (χ0n) is 12.2. The molecule has 9 nitrogen and oxygen atoms in total. The first-order valence-corrected chi connectivity index (χ1v) is 9.02. The van der Waals surface area contributed by atoms with Crippen LogP contribution in [0.3, 0.4) is 0 Å². The van der Waals surface area contributed by atoms with Crippen LogP contribution in [0.25, 0.3) is 0 Å². The largest absolute Gasteiger partial charge is 0.462 e. The van der Waals surface area contributed by atoms with Crippen LogP contribution in [0.2, 0.25) is 0 Å². The molecule has 0 bridgehead atoms. The van der Waals surface area contributed by atoms with Crippen LogP contribution in [0.1, 0.15) is 17.3 Å². The predicted molar refractivity (Wildman–Crippen MR) is 80.8 cm³/mol. The third-order valence-electron chi connectivity index (χ3n) is 2.54. The summed E-state index contributed by atoms with van der Waals surface area (Å²) >= 11 is 0. The lowest BCUT2D eigenvalue weighted by Crippen LogP contribution is -2.47. The van der Waals surface area contributed by atoms with Crippen molar-refractivity contribution in [2.75, 3.05) is 24.4 Å². The van der Waals surface area contributed by atoms with Gasteiger partial charge in [-0.2, -0.15) is 26.3 Å². The molecule has 0 atom stereocenters. The standard InChI is InChI=1S/C11H17N3O6S2/c1-4-20-11(15)9-5-7-10(8-6-9)14(21(16,17)12-2)22(18,19)13-3/h5-8,12-13H,4H2,1-3H3. The van der Waals surface area contributed by atoms with E-state index in [1.165, 1.54) is 24.3 Å². The maximum atomic E-state index is 11.9. The minimum Gasteiger partial charge on any atom is -0.462 e. The molecule has 0 saturated heterocycles. The number of carbonyl (C=O) groups excluding carboxylic acids is 1. The fourth-order valence-electron chi connectivity index (χ4n) is 1.51.